The van der Waals surface area contributed by atoms with Crippen molar-refractivity contribution in [3.8, 4) is 0 Å². The van der Waals surface area contributed by atoms with Gasteiger partial charge in [-0.1, -0.05) is 0 Å². The van der Waals surface area contributed by atoms with E-state index < -0.39 is 0 Å². The molecule has 5 heteroatoms. The first-order valence-corrected chi connectivity index (χ1v) is 4.94. The van der Waals surface area contributed by atoms with Gasteiger partial charge in [-0.15, -0.1) is 0 Å². The summed E-state index contributed by atoms with van der Waals surface area (Å²) in [5.41, 5.74) is 1.11. The van der Waals surface area contributed by atoms with Crippen LogP contribution in [0.5, 0.6) is 0 Å². The lowest BCUT2D eigenvalue weighted by atomic mass is 9.91. The van der Waals surface area contributed by atoms with E-state index in [2.05, 4.69) is 10.3 Å². The molecule has 1 aromatic rings. The fourth-order valence-electron chi connectivity index (χ4n) is 1.74. The smallest absolute Gasteiger partial charge is 0.234 e. The van der Waals surface area contributed by atoms with Crippen LogP contribution in [0.15, 0.2) is 18.5 Å². The van der Waals surface area contributed by atoms with Gasteiger partial charge in [-0.2, -0.15) is 0 Å². The second kappa shape index (κ2) is 4.22. The lowest BCUT2D eigenvalue weighted by Crippen LogP contribution is -2.39. The molecule has 1 atom stereocenters. The van der Waals surface area contributed by atoms with Crippen LogP contribution in [0.2, 0.25) is 0 Å². The van der Waals surface area contributed by atoms with Gasteiger partial charge in [0, 0.05) is 24.4 Å². The molecule has 1 unspecified atom stereocenters. The fraction of sp³-hybridized carbons (Fsp3) is 0.273. The normalized spacial score (nSPS) is 20.4. The molecule has 1 aromatic heterocycles. The summed E-state index contributed by atoms with van der Waals surface area (Å²) in [5, 5.41) is 2.27. The molecule has 0 radical (unpaired) electrons. The van der Waals surface area contributed by atoms with Crippen molar-refractivity contribution < 1.29 is 14.4 Å². The van der Waals surface area contributed by atoms with E-state index in [4.69, 9.17) is 0 Å². The predicted octanol–water partition coefficient (Wildman–Crippen LogP) is 0.414. The number of imide groups is 1. The highest BCUT2D eigenvalue weighted by molar-refractivity contribution is 6.01. The van der Waals surface area contributed by atoms with Gasteiger partial charge in [0.15, 0.2) is 6.29 Å². The summed E-state index contributed by atoms with van der Waals surface area (Å²) in [6, 6.07) is 1.63. The van der Waals surface area contributed by atoms with Gasteiger partial charge in [0.25, 0.3) is 0 Å². The average molecular weight is 218 g/mol. The van der Waals surface area contributed by atoms with Crippen LogP contribution < -0.4 is 5.32 Å². The van der Waals surface area contributed by atoms with E-state index in [1.165, 1.54) is 6.20 Å². The molecule has 82 valence electrons. The Balaban J connectivity index is 2.26. The summed E-state index contributed by atoms with van der Waals surface area (Å²) < 4.78 is 0. The first-order valence-electron chi connectivity index (χ1n) is 4.94. The molecule has 0 bridgehead atoms. The summed E-state index contributed by atoms with van der Waals surface area (Å²) >= 11 is 0. The molecule has 5 nitrogen and oxygen atoms in total. The Morgan fingerprint density at radius 1 is 1.38 bits per heavy atom. The van der Waals surface area contributed by atoms with Crippen LogP contribution in [0.4, 0.5) is 0 Å². The molecule has 2 rings (SSSR count). The van der Waals surface area contributed by atoms with Crippen LogP contribution >= 0.6 is 0 Å². The third kappa shape index (κ3) is 1.98. The summed E-state index contributed by atoms with van der Waals surface area (Å²) in [6.45, 7) is 0. The quantitative estimate of drug-likeness (QED) is 0.576. The van der Waals surface area contributed by atoms with E-state index >= 15 is 0 Å². The second-order valence-corrected chi connectivity index (χ2v) is 3.67. The molecule has 1 fully saturated rings. The summed E-state index contributed by atoms with van der Waals surface area (Å²) in [5.74, 6) is -0.952. The molecule has 1 saturated heterocycles. The molecule has 0 saturated carbocycles. The molecule has 1 N–H and O–H groups in total. The first kappa shape index (κ1) is 10.5. The maximum Gasteiger partial charge on any atom is 0.234 e. The highest BCUT2D eigenvalue weighted by Gasteiger charge is 2.28. The van der Waals surface area contributed by atoms with Gasteiger partial charge < -0.3 is 0 Å². The number of piperidine rings is 1. The van der Waals surface area contributed by atoms with Crippen LogP contribution in [0.1, 0.15) is 34.7 Å². The van der Waals surface area contributed by atoms with E-state index in [1.807, 2.05) is 0 Å². The molecule has 1 aliphatic rings. The molecule has 2 amide bonds. The zero-order valence-electron chi connectivity index (χ0n) is 8.47. The van der Waals surface area contributed by atoms with Crippen LogP contribution in [0.25, 0.3) is 0 Å². The average Bonchev–Trinajstić information content (AvgIpc) is 2.29. The number of aldehydes is 1. The Bertz CT molecular complexity index is 456. The molecule has 2 heterocycles. The lowest BCUT2D eigenvalue weighted by molar-refractivity contribution is -0.134. The zero-order valence-corrected chi connectivity index (χ0v) is 8.47. The van der Waals surface area contributed by atoms with Gasteiger partial charge in [-0.05, 0) is 18.1 Å². The summed E-state index contributed by atoms with van der Waals surface area (Å²) in [7, 11) is 0. The van der Waals surface area contributed by atoms with Crippen molar-refractivity contribution in [2.75, 3.05) is 0 Å². The van der Waals surface area contributed by atoms with Gasteiger partial charge in [-0.25, -0.2) is 0 Å². The molecule has 0 aliphatic carbocycles. The highest BCUT2D eigenvalue weighted by Crippen LogP contribution is 2.24. The highest BCUT2D eigenvalue weighted by atomic mass is 16.2. The van der Waals surface area contributed by atoms with E-state index in [0.29, 0.717) is 30.3 Å². The minimum absolute atomic E-state index is 0.249. The van der Waals surface area contributed by atoms with E-state index in [1.54, 1.807) is 12.3 Å². The number of hydrogen-bond acceptors (Lipinski definition) is 4. The number of amides is 2. The van der Waals surface area contributed by atoms with Crippen molar-refractivity contribution in [2.24, 2.45) is 0 Å². The Morgan fingerprint density at radius 3 is 2.88 bits per heavy atom. The number of carbonyl (C=O) groups is 3. The fourth-order valence-corrected chi connectivity index (χ4v) is 1.74. The van der Waals surface area contributed by atoms with Gasteiger partial charge >= 0.3 is 0 Å². The number of aromatic nitrogens is 1. The minimum Gasteiger partial charge on any atom is -0.298 e. The number of pyridine rings is 1. The zero-order chi connectivity index (χ0) is 11.5. The Labute approximate surface area is 91.9 Å². The lowest BCUT2D eigenvalue weighted by Gasteiger charge is -2.20. The molecule has 0 aromatic carbocycles. The number of nitrogens with zero attached hydrogens (tertiary/aromatic N) is 1. The van der Waals surface area contributed by atoms with Crippen molar-refractivity contribution in [3.05, 3.63) is 29.6 Å². The third-order valence-electron chi connectivity index (χ3n) is 2.56. The van der Waals surface area contributed by atoms with Gasteiger partial charge in [-0.3, -0.25) is 24.7 Å². The Hall–Kier alpha value is -2.04. The van der Waals surface area contributed by atoms with Crippen molar-refractivity contribution in [3.63, 3.8) is 0 Å². The van der Waals surface area contributed by atoms with E-state index in [0.717, 1.165) is 0 Å². The van der Waals surface area contributed by atoms with Gasteiger partial charge in [0.1, 0.15) is 0 Å². The topological polar surface area (TPSA) is 76.1 Å². The van der Waals surface area contributed by atoms with E-state index in [-0.39, 0.29) is 17.7 Å². The molecule has 1 aliphatic heterocycles. The summed E-state index contributed by atoms with van der Waals surface area (Å²) in [6.07, 6.45) is 4.45. The Morgan fingerprint density at radius 2 is 2.19 bits per heavy atom. The van der Waals surface area contributed by atoms with Crippen LogP contribution in [-0.4, -0.2) is 23.1 Å². The number of carbonyl (C=O) groups excluding carboxylic acids is 3. The minimum atomic E-state index is -0.384. The monoisotopic (exact) mass is 218 g/mol. The van der Waals surface area contributed by atoms with E-state index in [9.17, 15) is 14.4 Å². The Kier molecular flexibility index (Phi) is 2.76. The molecule has 0 spiro atoms. The van der Waals surface area contributed by atoms with Crippen LogP contribution in [-0.2, 0) is 9.59 Å². The number of rotatable bonds is 2. The van der Waals surface area contributed by atoms with Crippen LogP contribution in [0.3, 0.4) is 0 Å². The number of nitrogens with one attached hydrogen (secondary N) is 1. The van der Waals surface area contributed by atoms with Gasteiger partial charge in [0.2, 0.25) is 11.8 Å². The first-order chi connectivity index (χ1) is 7.70. The maximum absolute atomic E-state index is 11.6. The van der Waals surface area contributed by atoms with Crippen molar-refractivity contribution in [2.45, 2.75) is 18.8 Å². The van der Waals surface area contributed by atoms with Crippen LogP contribution in [0, 0.1) is 0 Å². The second-order valence-electron chi connectivity index (χ2n) is 3.67. The maximum atomic E-state index is 11.6. The summed E-state index contributed by atoms with van der Waals surface area (Å²) in [4.78, 5) is 37.0. The predicted molar refractivity (Wildman–Crippen MR) is 54.7 cm³/mol. The van der Waals surface area contributed by atoms with Crippen molar-refractivity contribution >= 4 is 18.1 Å². The van der Waals surface area contributed by atoms with Gasteiger partial charge in [0.05, 0.1) is 5.92 Å². The standard InChI is InChI=1S/C11H10N2O3/c14-6-7-3-8(5-12-4-7)9-1-2-10(15)13-11(9)16/h3-6,9H,1-2H2,(H,13,15,16). The van der Waals surface area contributed by atoms with Crippen molar-refractivity contribution in [1.29, 1.82) is 0 Å². The number of hydrogen-bond donors (Lipinski definition) is 1. The third-order valence-corrected chi connectivity index (χ3v) is 2.56. The molecular weight excluding hydrogens is 208 g/mol. The molecular formula is C11H10N2O3. The molecule has 16 heavy (non-hydrogen) atoms. The SMILES string of the molecule is O=Cc1cncc(C2CCC(=O)NC2=O)c1. The van der Waals surface area contributed by atoms with Crippen molar-refractivity contribution in [1.82, 2.24) is 10.3 Å². The largest absolute Gasteiger partial charge is 0.298 e.